The summed E-state index contributed by atoms with van der Waals surface area (Å²) >= 11 is 0. The van der Waals surface area contributed by atoms with Gasteiger partial charge in [-0.2, -0.15) is 0 Å². The molecule has 1 aromatic heterocycles. The maximum Gasteiger partial charge on any atom is 0.251 e. The van der Waals surface area contributed by atoms with Crippen LogP contribution in [0.4, 0.5) is 0 Å². The molecule has 3 rings (SSSR count). The number of carbonyl (C=O) groups excluding carboxylic acids is 1. The second kappa shape index (κ2) is 9.72. The van der Waals surface area contributed by atoms with Crippen LogP contribution in [-0.2, 0) is 6.54 Å². The Morgan fingerprint density at radius 1 is 1.19 bits per heavy atom. The van der Waals surface area contributed by atoms with Crippen LogP contribution in [0.5, 0.6) is 0 Å². The van der Waals surface area contributed by atoms with Crippen LogP contribution in [0.3, 0.4) is 0 Å². The molecule has 1 aliphatic rings. The van der Waals surface area contributed by atoms with Crippen LogP contribution in [-0.4, -0.2) is 48.4 Å². The normalized spacial score (nSPS) is 16.0. The van der Waals surface area contributed by atoms with E-state index in [9.17, 15) is 4.79 Å². The standard InChI is InChI=1S/C22H31N3O2/c1-3-25(4-2)20(21-11-8-14-27-21)16-23-22(26)19-10-7-9-18(15-19)17-24-12-5-6-13-24/h7-11,14-15,20H,3-6,12-13,16-17H2,1-2H3,(H,23,26). The van der Waals surface area contributed by atoms with E-state index in [-0.39, 0.29) is 11.9 Å². The summed E-state index contributed by atoms with van der Waals surface area (Å²) in [6, 6.07) is 11.9. The van der Waals surface area contributed by atoms with Gasteiger partial charge in [-0.3, -0.25) is 14.6 Å². The second-order valence-electron chi connectivity index (χ2n) is 7.15. The number of hydrogen-bond donors (Lipinski definition) is 1. The number of likely N-dealkylation sites (tertiary alicyclic amines) is 1. The fourth-order valence-electron chi connectivity index (χ4n) is 3.86. The number of furan rings is 1. The molecule has 1 amide bonds. The third-order valence-corrected chi connectivity index (χ3v) is 5.37. The minimum absolute atomic E-state index is 0.0259. The van der Waals surface area contributed by atoms with Gasteiger partial charge < -0.3 is 9.73 Å². The van der Waals surface area contributed by atoms with Gasteiger partial charge in [-0.15, -0.1) is 0 Å². The topological polar surface area (TPSA) is 48.7 Å². The van der Waals surface area contributed by atoms with E-state index >= 15 is 0 Å². The molecule has 1 aromatic carbocycles. The van der Waals surface area contributed by atoms with Crippen molar-refractivity contribution in [2.75, 3.05) is 32.7 Å². The zero-order chi connectivity index (χ0) is 19.1. The van der Waals surface area contributed by atoms with Crippen LogP contribution < -0.4 is 5.32 Å². The molecule has 5 nitrogen and oxygen atoms in total. The van der Waals surface area contributed by atoms with Crippen LogP contribution in [0.1, 0.15) is 54.4 Å². The van der Waals surface area contributed by atoms with Gasteiger partial charge in [0, 0.05) is 18.7 Å². The predicted octanol–water partition coefficient (Wildman–Crippen LogP) is 3.69. The molecule has 27 heavy (non-hydrogen) atoms. The Kier molecular flexibility index (Phi) is 7.07. The Bertz CT molecular complexity index is 704. The van der Waals surface area contributed by atoms with Crippen LogP contribution in [0.25, 0.3) is 0 Å². The molecule has 0 radical (unpaired) electrons. The van der Waals surface area contributed by atoms with Gasteiger partial charge in [0.05, 0.1) is 12.3 Å². The number of likely N-dealkylation sites (N-methyl/N-ethyl adjacent to an activating group) is 1. The highest BCUT2D eigenvalue weighted by atomic mass is 16.3. The summed E-state index contributed by atoms with van der Waals surface area (Å²) < 4.78 is 5.61. The highest BCUT2D eigenvalue weighted by Crippen LogP contribution is 2.20. The average molecular weight is 370 g/mol. The first-order chi connectivity index (χ1) is 13.2. The van der Waals surface area contributed by atoms with E-state index in [4.69, 9.17) is 4.42 Å². The molecule has 0 bridgehead atoms. The van der Waals surface area contributed by atoms with Crippen molar-refractivity contribution in [3.05, 3.63) is 59.5 Å². The molecule has 1 unspecified atom stereocenters. The van der Waals surface area contributed by atoms with Gasteiger partial charge >= 0.3 is 0 Å². The molecule has 1 aliphatic heterocycles. The summed E-state index contributed by atoms with van der Waals surface area (Å²) in [6.45, 7) is 9.84. The molecule has 2 heterocycles. The van der Waals surface area contributed by atoms with Gasteiger partial charge in [0.25, 0.3) is 5.91 Å². The van der Waals surface area contributed by atoms with E-state index < -0.39 is 0 Å². The predicted molar refractivity (Wildman–Crippen MR) is 108 cm³/mol. The van der Waals surface area contributed by atoms with Gasteiger partial charge in [-0.1, -0.05) is 26.0 Å². The van der Waals surface area contributed by atoms with E-state index in [1.807, 2.05) is 30.3 Å². The molecule has 1 fully saturated rings. The first-order valence-corrected chi connectivity index (χ1v) is 10.1. The van der Waals surface area contributed by atoms with E-state index in [0.717, 1.165) is 44.0 Å². The molecule has 1 saturated heterocycles. The van der Waals surface area contributed by atoms with Crippen LogP contribution >= 0.6 is 0 Å². The molecule has 0 aliphatic carbocycles. The van der Waals surface area contributed by atoms with E-state index in [2.05, 4.69) is 35.0 Å². The molecular formula is C22H31N3O2. The zero-order valence-electron chi connectivity index (χ0n) is 16.5. The number of carbonyl (C=O) groups is 1. The van der Waals surface area contributed by atoms with Gasteiger partial charge in [0.15, 0.2) is 0 Å². The van der Waals surface area contributed by atoms with E-state index in [0.29, 0.717) is 6.54 Å². The maximum absolute atomic E-state index is 12.7. The quantitative estimate of drug-likeness (QED) is 0.732. The summed E-state index contributed by atoms with van der Waals surface area (Å²) in [6.07, 6.45) is 4.24. The zero-order valence-corrected chi connectivity index (χ0v) is 16.5. The third kappa shape index (κ3) is 5.21. The highest BCUT2D eigenvalue weighted by Gasteiger charge is 2.21. The lowest BCUT2D eigenvalue weighted by atomic mass is 10.1. The number of benzene rings is 1. The average Bonchev–Trinajstić information content (AvgIpc) is 3.39. The van der Waals surface area contributed by atoms with Crippen molar-refractivity contribution >= 4 is 5.91 Å². The van der Waals surface area contributed by atoms with Crippen LogP contribution in [0, 0.1) is 0 Å². The summed E-state index contributed by atoms with van der Waals surface area (Å²) in [5.41, 5.74) is 1.93. The Morgan fingerprint density at radius 2 is 1.96 bits per heavy atom. The summed E-state index contributed by atoms with van der Waals surface area (Å²) in [7, 11) is 0. The van der Waals surface area contributed by atoms with Crippen LogP contribution in [0.15, 0.2) is 47.1 Å². The monoisotopic (exact) mass is 369 g/mol. The van der Waals surface area contributed by atoms with Crippen molar-refractivity contribution in [3.8, 4) is 0 Å². The largest absolute Gasteiger partial charge is 0.468 e. The Balaban J connectivity index is 1.63. The first kappa shape index (κ1) is 19.6. The molecular weight excluding hydrogens is 338 g/mol. The van der Waals surface area contributed by atoms with Gasteiger partial charge in [0.2, 0.25) is 0 Å². The van der Waals surface area contributed by atoms with Crippen molar-refractivity contribution in [1.82, 2.24) is 15.1 Å². The first-order valence-electron chi connectivity index (χ1n) is 10.1. The van der Waals surface area contributed by atoms with Gasteiger partial charge in [-0.05, 0) is 68.8 Å². The summed E-state index contributed by atoms with van der Waals surface area (Å²) in [5.74, 6) is 0.865. The second-order valence-corrected chi connectivity index (χ2v) is 7.15. The Hall–Kier alpha value is -2.11. The van der Waals surface area contributed by atoms with Crippen molar-refractivity contribution in [2.45, 2.75) is 39.3 Å². The fourth-order valence-corrected chi connectivity index (χ4v) is 3.86. The lowest BCUT2D eigenvalue weighted by Crippen LogP contribution is -2.38. The minimum atomic E-state index is -0.0259. The van der Waals surface area contributed by atoms with Crippen molar-refractivity contribution < 1.29 is 9.21 Å². The number of amides is 1. The Labute approximate surface area is 162 Å². The molecule has 0 spiro atoms. The number of nitrogens with zero attached hydrogens (tertiary/aromatic N) is 2. The number of nitrogens with one attached hydrogen (secondary N) is 1. The summed E-state index contributed by atoms with van der Waals surface area (Å²) in [4.78, 5) is 17.5. The fraction of sp³-hybridized carbons (Fsp3) is 0.500. The third-order valence-electron chi connectivity index (χ3n) is 5.37. The number of rotatable bonds is 9. The molecule has 1 N–H and O–H groups in total. The smallest absolute Gasteiger partial charge is 0.251 e. The SMILES string of the molecule is CCN(CC)C(CNC(=O)c1cccc(CN2CCCC2)c1)c1ccco1. The lowest BCUT2D eigenvalue weighted by Gasteiger charge is -2.28. The molecule has 146 valence electrons. The molecule has 2 aromatic rings. The maximum atomic E-state index is 12.7. The van der Waals surface area contributed by atoms with Gasteiger partial charge in [0.1, 0.15) is 5.76 Å². The summed E-state index contributed by atoms with van der Waals surface area (Å²) in [5, 5.41) is 3.10. The van der Waals surface area contributed by atoms with Crippen LogP contribution in [0.2, 0.25) is 0 Å². The van der Waals surface area contributed by atoms with E-state index in [1.54, 1.807) is 6.26 Å². The molecule has 0 saturated carbocycles. The van der Waals surface area contributed by atoms with E-state index in [1.165, 1.54) is 18.4 Å². The lowest BCUT2D eigenvalue weighted by molar-refractivity contribution is 0.0929. The van der Waals surface area contributed by atoms with Crippen molar-refractivity contribution in [2.24, 2.45) is 0 Å². The Morgan fingerprint density at radius 3 is 2.63 bits per heavy atom. The molecule has 1 atom stereocenters. The van der Waals surface area contributed by atoms with Gasteiger partial charge in [-0.25, -0.2) is 0 Å². The number of hydrogen-bond acceptors (Lipinski definition) is 4. The highest BCUT2D eigenvalue weighted by molar-refractivity contribution is 5.94. The minimum Gasteiger partial charge on any atom is -0.468 e. The van der Waals surface area contributed by atoms with Crippen molar-refractivity contribution in [1.29, 1.82) is 0 Å². The van der Waals surface area contributed by atoms with Crippen molar-refractivity contribution in [3.63, 3.8) is 0 Å². The molecule has 5 heteroatoms.